The van der Waals surface area contributed by atoms with E-state index in [0.717, 1.165) is 47.6 Å². The summed E-state index contributed by atoms with van der Waals surface area (Å²) < 4.78 is 2.39. The molecule has 2 heteroatoms. The fourth-order valence-corrected chi connectivity index (χ4v) is 12.9. The van der Waals surface area contributed by atoms with Gasteiger partial charge in [-0.25, -0.2) is 0 Å². The zero-order valence-electron chi connectivity index (χ0n) is 45.5. The highest BCUT2D eigenvalue weighted by Crippen LogP contribution is 2.56. The summed E-state index contributed by atoms with van der Waals surface area (Å²) in [7, 11) is 0. The number of hydrogen-bond acceptors (Lipinski definition) is 1. The van der Waals surface area contributed by atoms with Gasteiger partial charge >= 0.3 is 0 Å². The molecule has 0 saturated heterocycles. The van der Waals surface area contributed by atoms with Crippen LogP contribution in [0.1, 0.15) is 66.0 Å². The van der Waals surface area contributed by atoms with Gasteiger partial charge in [0.2, 0.25) is 0 Å². The van der Waals surface area contributed by atoms with Crippen molar-refractivity contribution in [1.29, 1.82) is 0 Å². The molecule has 0 fully saturated rings. The zero-order valence-corrected chi connectivity index (χ0v) is 45.5. The van der Waals surface area contributed by atoms with E-state index in [9.17, 15) is 0 Å². The Morgan fingerprint density at radius 3 is 1.51 bits per heavy atom. The van der Waals surface area contributed by atoms with E-state index in [1.807, 2.05) is 12.2 Å². The molecule has 1 aromatic heterocycles. The zero-order chi connectivity index (χ0) is 54.0. The first kappa shape index (κ1) is 50.0. The molecule has 0 saturated carbocycles. The van der Waals surface area contributed by atoms with Crippen molar-refractivity contribution in [3.63, 3.8) is 0 Å². The first-order chi connectivity index (χ1) is 39.4. The summed E-state index contributed by atoms with van der Waals surface area (Å²) in [6, 6.07) is 98.9. The Balaban J connectivity index is 0.808. The van der Waals surface area contributed by atoms with E-state index in [2.05, 4.69) is 296 Å². The lowest BCUT2D eigenvalue weighted by atomic mass is 9.69. The number of unbranched alkanes of at least 4 members (excludes halogenated alkanes) is 1. The van der Waals surface area contributed by atoms with Crippen molar-refractivity contribution in [2.45, 2.75) is 44.4 Å². The van der Waals surface area contributed by atoms with E-state index in [1.54, 1.807) is 0 Å². The maximum Gasteiger partial charge on any atom is 0.0541 e. The Hall–Kier alpha value is -9.50. The molecule has 386 valence electrons. The van der Waals surface area contributed by atoms with Crippen LogP contribution in [0, 0.1) is 5.92 Å². The van der Waals surface area contributed by atoms with Crippen molar-refractivity contribution >= 4 is 51.0 Å². The maximum absolute atomic E-state index is 3.96. The largest absolute Gasteiger partial charge is 0.310 e. The molecule has 0 aliphatic heterocycles. The number of anilines is 3. The fourth-order valence-electron chi connectivity index (χ4n) is 12.9. The Morgan fingerprint density at radius 2 is 0.900 bits per heavy atom. The van der Waals surface area contributed by atoms with Gasteiger partial charge in [0.1, 0.15) is 0 Å². The summed E-state index contributed by atoms with van der Waals surface area (Å²) in [5.41, 5.74) is 24.3. The second-order valence-electron chi connectivity index (χ2n) is 21.8. The molecule has 12 aromatic rings. The van der Waals surface area contributed by atoms with E-state index in [4.69, 9.17) is 0 Å². The molecule has 1 aliphatic carbocycles. The number of aromatic nitrogens is 1. The van der Waals surface area contributed by atoms with Crippen molar-refractivity contribution in [1.82, 2.24) is 4.57 Å². The molecular formula is C78H64N2. The van der Waals surface area contributed by atoms with Crippen molar-refractivity contribution in [2.75, 3.05) is 4.90 Å². The normalized spacial score (nSPS) is 13.9. The van der Waals surface area contributed by atoms with Gasteiger partial charge in [-0.05, 0) is 169 Å². The lowest BCUT2D eigenvalue weighted by Crippen LogP contribution is -2.27. The fraction of sp³-hybridized carbons (Fsp3) is 0.103. The number of hydrogen-bond donors (Lipinski definition) is 0. The smallest absolute Gasteiger partial charge is 0.0541 e. The van der Waals surface area contributed by atoms with Crippen LogP contribution in [0.4, 0.5) is 17.1 Å². The third kappa shape index (κ3) is 9.37. The molecule has 2 unspecified atom stereocenters. The highest BCUT2D eigenvalue weighted by atomic mass is 15.1. The topological polar surface area (TPSA) is 8.17 Å². The third-order valence-corrected chi connectivity index (χ3v) is 16.9. The number of nitrogens with zero attached hydrogens (tertiary/aromatic N) is 2. The van der Waals surface area contributed by atoms with E-state index >= 15 is 0 Å². The van der Waals surface area contributed by atoms with Gasteiger partial charge in [-0.3, -0.25) is 0 Å². The predicted molar refractivity (Wildman–Crippen MR) is 341 cm³/mol. The molecule has 11 aromatic carbocycles. The Morgan fingerprint density at radius 1 is 0.425 bits per heavy atom. The second-order valence-corrected chi connectivity index (χ2v) is 21.8. The molecule has 13 rings (SSSR count). The minimum atomic E-state index is -0.291. The van der Waals surface area contributed by atoms with Crippen molar-refractivity contribution in [3.05, 3.63) is 313 Å². The average molecular weight is 1030 g/mol. The predicted octanol–water partition coefficient (Wildman–Crippen LogP) is 21.3. The van der Waals surface area contributed by atoms with E-state index in [0.29, 0.717) is 5.92 Å². The van der Waals surface area contributed by atoms with Crippen LogP contribution in [-0.4, -0.2) is 4.57 Å². The molecule has 0 N–H and O–H groups in total. The van der Waals surface area contributed by atoms with Gasteiger partial charge in [-0.1, -0.05) is 246 Å². The van der Waals surface area contributed by atoms with Gasteiger partial charge in [-0.2, -0.15) is 0 Å². The Bertz CT molecular complexity index is 4150. The SMILES string of the molecule is C=Cc1ccc(CC(C)CCCCC2(c3ccccc3)c3ccccc3-c3ccc(N(c4ccccc4)c4ccc(-c5ccc(-c6ccc7c(c6)c6cc(-c8ccc(C=C)cc8)ccc6n7-c6ccccc6)cc5)cc4)cc32)cc1. The lowest BCUT2D eigenvalue weighted by molar-refractivity contribution is 0.458. The molecular weight excluding hydrogens is 965 g/mol. The highest BCUT2D eigenvalue weighted by molar-refractivity contribution is 6.11. The molecule has 0 spiro atoms. The Kier molecular flexibility index (Phi) is 13.6. The monoisotopic (exact) mass is 1030 g/mol. The summed E-state index contributed by atoms with van der Waals surface area (Å²) >= 11 is 0. The maximum atomic E-state index is 3.96. The van der Waals surface area contributed by atoms with Gasteiger partial charge in [0.25, 0.3) is 0 Å². The van der Waals surface area contributed by atoms with Crippen LogP contribution in [0.15, 0.2) is 280 Å². The van der Waals surface area contributed by atoms with Gasteiger partial charge in [0.15, 0.2) is 0 Å². The van der Waals surface area contributed by atoms with Crippen LogP contribution in [0.5, 0.6) is 0 Å². The molecule has 0 amide bonds. The van der Waals surface area contributed by atoms with Gasteiger partial charge in [0.05, 0.1) is 11.0 Å². The van der Waals surface area contributed by atoms with E-state index < -0.39 is 0 Å². The minimum Gasteiger partial charge on any atom is -0.310 e. The number of fused-ring (bicyclic) bond motifs is 6. The molecule has 0 bridgehead atoms. The van der Waals surface area contributed by atoms with E-state index in [1.165, 1.54) is 107 Å². The Labute approximate surface area is 471 Å². The van der Waals surface area contributed by atoms with Gasteiger partial charge in [0, 0.05) is 38.9 Å². The quantitative estimate of drug-likeness (QED) is 0.0825. The van der Waals surface area contributed by atoms with Crippen LogP contribution in [0.2, 0.25) is 0 Å². The number of rotatable bonds is 17. The molecule has 0 radical (unpaired) electrons. The standard InChI is InChI=1S/C78H64N2/c1-4-56-28-30-58(31-29-56)51-55(3)19-17-18-50-78(65-20-9-6-10-21-65)74-27-16-15-26-70(74)71-47-46-69(54-75(71)78)79(66-22-11-7-12-23-66)68-44-40-60(41-45-68)59-36-38-62(39-37-59)64-43-49-77-73(53-64)72-52-63(61-34-32-57(5-2)33-35-61)42-48-76(72)80(77)67-24-13-8-14-25-67/h4-16,20-49,52-55H,1-2,17-19,50-51H2,3H3. The number of benzene rings is 11. The minimum absolute atomic E-state index is 0.291. The van der Waals surface area contributed by atoms with Crippen LogP contribution in [0.25, 0.3) is 84.2 Å². The van der Waals surface area contributed by atoms with Crippen LogP contribution in [-0.2, 0) is 11.8 Å². The molecule has 2 atom stereocenters. The highest BCUT2D eigenvalue weighted by Gasteiger charge is 2.44. The van der Waals surface area contributed by atoms with Crippen LogP contribution in [0.3, 0.4) is 0 Å². The van der Waals surface area contributed by atoms with Gasteiger partial charge in [-0.15, -0.1) is 0 Å². The summed E-state index contributed by atoms with van der Waals surface area (Å²) in [5, 5.41) is 2.46. The van der Waals surface area contributed by atoms with Crippen LogP contribution >= 0.6 is 0 Å². The third-order valence-electron chi connectivity index (χ3n) is 16.9. The molecule has 80 heavy (non-hydrogen) atoms. The van der Waals surface area contributed by atoms with Crippen molar-refractivity contribution < 1.29 is 0 Å². The van der Waals surface area contributed by atoms with Crippen molar-refractivity contribution in [3.8, 4) is 50.2 Å². The molecule has 1 aliphatic rings. The summed E-state index contributed by atoms with van der Waals surface area (Å²) in [6.07, 6.45) is 9.43. The van der Waals surface area contributed by atoms with Gasteiger partial charge < -0.3 is 9.47 Å². The molecule has 1 heterocycles. The van der Waals surface area contributed by atoms with E-state index in [-0.39, 0.29) is 5.41 Å². The first-order valence-electron chi connectivity index (χ1n) is 28.4. The summed E-state index contributed by atoms with van der Waals surface area (Å²) in [5.74, 6) is 0.599. The van der Waals surface area contributed by atoms with Crippen molar-refractivity contribution in [2.24, 2.45) is 5.92 Å². The summed E-state index contributed by atoms with van der Waals surface area (Å²) in [4.78, 5) is 2.43. The van der Waals surface area contributed by atoms with Crippen LogP contribution < -0.4 is 4.90 Å². The summed E-state index contributed by atoms with van der Waals surface area (Å²) in [6.45, 7) is 10.3. The average Bonchev–Trinajstić information content (AvgIpc) is 4.01. The number of para-hydroxylation sites is 2. The lowest BCUT2D eigenvalue weighted by Gasteiger charge is -2.34. The first-order valence-corrected chi connectivity index (χ1v) is 28.4. The second kappa shape index (κ2) is 21.7. The molecule has 2 nitrogen and oxygen atoms in total.